The fourth-order valence-corrected chi connectivity index (χ4v) is 4.99. The number of carbonyl (C=O) groups excluding carboxylic acids is 2. The predicted molar refractivity (Wildman–Crippen MR) is 142 cm³/mol. The molecule has 1 saturated carbocycles. The van der Waals surface area contributed by atoms with Gasteiger partial charge < -0.3 is 23.9 Å². The highest BCUT2D eigenvalue weighted by atomic mass is 32.1. The van der Waals surface area contributed by atoms with Crippen LogP contribution in [0.15, 0.2) is 53.1 Å². The minimum Gasteiger partial charge on any atom is -0.480 e. The highest BCUT2D eigenvalue weighted by Crippen LogP contribution is 2.34. The highest BCUT2D eigenvalue weighted by Gasteiger charge is 2.41. The topological polar surface area (TPSA) is 157 Å². The average molecular weight is 562 g/mol. The summed E-state index contributed by atoms with van der Waals surface area (Å²) in [5.74, 6) is 0.179. The van der Waals surface area contributed by atoms with E-state index < -0.39 is 18.0 Å². The first-order valence-electron chi connectivity index (χ1n) is 12.5. The van der Waals surface area contributed by atoms with Gasteiger partial charge in [-0.25, -0.2) is 9.78 Å². The lowest BCUT2D eigenvalue weighted by Gasteiger charge is -2.17. The molecule has 1 saturated heterocycles. The van der Waals surface area contributed by atoms with Crippen LogP contribution in [0, 0.1) is 6.92 Å². The van der Waals surface area contributed by atoms with Crippen LogP contribution in [0.1, 0.15) is 45.2 Å². The van der Waals surface area contributed by atoms with Gasteiger partial charge >= 0.3 is 5.97 Å². The molecule has 13 heteroatoms. The first-order chi connectivity index (χ1) is 19.3. The molecule has 2 aromatic carbocycles. The Labute approximate surface area is 231 Å². The average Bonchev–Trinajstić information content (AvgIpc) is 3.31. The molecule has 204 valence electrons. The zero-order chi connectivity index (χ0) is 27.8. The number of ether oxygens (including phenoxy) is 2. The number of hydrogen-bond acceptors (Lipinski definition) is 10. The SMILES string of the molecule is Cc1nnc(-c2ccc(Oc3cc(OC4CCN(C5CC5)C4=O)cc(C(=O)Nc4ncc(C(=O)O)s4)c3)cc2)o1. The minimum atomic E-state index is -1.13. The maximum absolute atomic E-state index is 13.1. The van der Waals surface area contributed by atoms with Crippen molar-refractivity contribution in [3.8, 4) is 28.7 Å². The molecule has 2 aliphatic rings. The standard InChI is InChI=1S/C27H23N5O7S/c1-14-30-31-24(37-14)15-2-6-18(7-3-15)38-19-10-16(23(33)29-27-28-13-22(40-27)26(35)36)11-20(12-19)39-21-8-9-32(25(21)34)17-4-5-17/h2-3,6-7,10-13,17,21H,4-5,8-9H2,1H3,(H,35,36)(H,28,29,33). The van der Waals surface area contributed by atoms with Crippen LogP contribution in [0.2, 0.25) is 0 Å². The molecular weight excluding hydrogens is 538 g/mol. The molecule has 1 aliphatic carbocycles. The number of nitrogens with one attached hydrogen (secondary N) is 1. The second-order valence-corrected chi connectivity index (χ2v) is 10.4. The van der Waals surface area contributed by atoms with Crippen LogP contribution in [0.25, 0.3) is 11.5 Å². The zero-order valence-electron chi connectivity index (χ0n) is 21.2. The summed E-state index contributed by atoms with van der Waals surface area (Å²) in [6.45, 7) is 2.35. The van der Waals surface area contributed by atoms with E-state index in [0.717, 1.165) is 24.2 Å². The molecule has 3 heterocycles. The third-order valence-electron chi connectivity index (χ3n) is 6.40. The molecule has 0 radical (unpaired) electrons. The van der Waals surface area contributed by atoms with Gasteiger partial charge in [0.25, 0.3) is 11.8 Å². The summed E-state index contributed by atoms with van der Waals surface area (Å²) in [5, 5.41) is 19.7. The van der Waals surface area contributed by atoms with Gasteiger partial charge in [0.05, 0.1) is 6.20 Å². The fourth-order valence-electron chi connectivity index (χ4n) is 4.34. The summed E-state index contributed by atoms with van der Waals surface area (Å²) in [4.78, 5) is 42.9. The van der Waals surface area contributed by atoms with Gasteiger partial charge in [0.1, 0.15) is 22.1 Å². The molecule has 1 atom stereocenters. The number of nitrogens with zero attached hydrogens (tertiary/aromatic N) is 4. The quantitative estimate of drug-likeness (QED) is 0.300. The maximum atomic E-state index is 13.1. The number of aromatic carboxylic acids is 1. The van der Waals surface area contributed by atoms with Gasteiger partial charge in [-0.05, 0) is 49.2 Å². The molecule has 1 unspecified atom stereocenters. The molecule has 12 nitrogen and oxygen atoms in total. The van der Waals surface area contributed by atoms with Crippen molar-refractivity contribution in [2.24, 2.45) is 0 Å². The van der Waals surface area contributed by atoms with Crippen LogP contribution in [0.3, 0.4) is 0 Å². The normalized spacial score (nSPS) is 16.7. The summed E-state index contributed by atoms with van der Waals surface area (Å²) < 4.78 is 17.6. The number of anilines is 1. The Hall–Kier alpha value is -4.78. The van der Waals surface area contributed by atoms with E-state index in [9.17, 15) is 14.4 Å². The van der Waals surface area contributed by atoms with Crippen molar-refractivity contribution in [1.82, 2.24) is 20.1 Å². The van der Waals surface area contributed by atoms with Gasteiger partial charge in [-0.1, -0.05) is 11.3 Å². The van der Waals surface area contributed by atoms with Gasteiger partial charge in [-0.15, -0.1) is 10.2 Å². The van der Waals surface area contributed by atoms with E-state index in [4.69, 9.17) is 19.0 Å². The molecule has 6 rings (SSSR count). The second kappa shape index (κ2) is 10.4. The summed E-state index contributed by atoms with van der Waals surface area (Å²) >= 11 is 0.839. The number of rotatable bonds is 9. The molecule has 2 fully saturated rings. The Bertz CT molecular complexity index is 1590. The van der Waals surface area contributed by atoms with Gasteiger partial charge in [0, 0.05) is 43.1 Å². The van der Waals surface area contributed by atoms with Crippen molar-refractivity contribution in [3.63, 3.8) is 0 Å². The molecule has 0 bridgehead atoms. The van der Waals surface area contributed by atoms with Gasteiger partial charge in [0.15, 0.2) is 11.2 Å². The lowest BCUT2D eigenvalue weighted by molar-refractivity contribution is -0.133. The van der Waals surface area contributed by atoms with Gasteiger partial charge in [0.2, 0.25) is 11.8 Å². The Morgan fingerprint density at radius 2 is 1.85 bits per heavy atom. The minimum absolute atomic E-state index is 0.00416. The number of thiazole rings is 1. The van der Waals surface area contributed by atoms with Crippen molar-refractivity contribution in [2.75, 3.05) is 11.9 Å². The number of hydrogen-bond donors (Lipinski definition) is 2. The third-order valence-corrected chi connectivity index (χ3v) is 7.30. The molecule has 2 N–H and O–H groups in total. The molecule has 2 aromatic heterocycles. The number of amides is 2. The Balaban J connectivity index is 1.24. The predicted octanol–water partition coefficient (Wildman–Crippen LogP) is 4.39. The summed E-state index contributed by atoms with van der Waals surface area (Å²) in [6.07, 6.45) is 3.10. The molecule has 40 heavy (non-hydrogen) atoms. The van der Waals surface area contributed by atoms with Crippen molar-refractivity contribution >= 4 is 34.3 Å². The first-order valence-corrected chi connectivity index (χ1v) is 13.3. The van der Waals surface area contributed by atoms with Crippen molar-refractivity contribution in [1.29, 1.82) is 0 Å². The summed E-state index contributed by atoms with van der Waals surface area (Å²) in [5.41, 5.74) is 0.899. The number of likely N-dealkylation sites (tertiary alicyclic amines) is 1. The van der Waals surface area contributed by atoms with E-state index >= 15 is 0 Å². The van der Waals surface area contributed by atoms with E-state index in [-0.39, 0.29) is 21.5 Å². The fraction of sp³-hybridized carbons (Fsp3) is 0.259. The van der Waals surface area contributed by atoms with Crippen molar-refractivity contribution in [3.05, 3.63) is 65.0 Å². The van der Waals surface area contributed by atoms with E-state index in [1.165, 1.54) is 18.3 Å². The largest absolute Gasteiger partial charge is 0.480 e. The molecule has 1 aliphatic heterocycles. The number of benzene rings is 2. The van der Waals surface area contributed by atoms with Crippen molar-refractivity contribution < 1.29 is 33.4 Å². The van der Waals surface area contributed by atoms with Gasteiger partial charge in [-0.3, -0.25) is 14.9 Å². The maximum Gasteiger partial charge on any atom is 0.347 e. The smallest absolute Gasteiger partial charge is 0.347 e. The van der Waals surface area contributed by atoms with Crippen LogP contribution < -0.4 is 14.8 Å². The second-order valence-electron chi connectivity index (χ2n) is 9.39. The Kier molecular flexibility index (Phi) is 6.64. The summed E-state index contributed by atoms with van der Waals surface area (Å²) in [7, 11) is 0. The third kappa shape index (κ3) is 5.50. The van der Waals surface area contributed by atoms with Crippen LogP contribution >= 0.6 is 11.3 Å². The van der Waals surface area contributed by atoms with Crippen LogP contribution in [-0.4, -0.2) is 61.7 Å². The number of aromatic nitrogens is 3. The van der Waals surface area contributed by atoms with E-state index in [0.29, 0.717) is 53.6 Å². The summed E-state index contributed by atoms with van der Waals surface area (Å²) in [6, 6.07) is 11.9. The Morgan fingerprint density at radius 3 is 2.52 bits per heavy atom. The van der Waals surface area contributed by atoms with Crippen LogP contribution in [-0.2, 0) is 4.79 Å². The van der Waals surface area contributed by atoms with E-state index in [2.05, 4.69) is 20.5 Å². The molecular formula is C27H23N5O7S. The van der Waals surface area contributed by atoms with Crippen molar-refractivity contribution in [2.45, 2.75) is 38.3 Å². The number of carboxylic acid groups (broad SMARTS) is 1. The lowest BCUT2D eigenvalue weighted by atomic mass is 10.1. The highest BCUT2D eigenvalue weighted by molar-refractivity contribution is 7.17. The van der Waals surface area contributed by atoms with Crippen LogP contribution in [0.5, 0.6) is 17.2 Å². The molecule has 0 spiro atoms. The lowest BCUT2D eigenvalue weighted by Crippen LogP contribution is -2.33. The first kappa shape index (κ1) is 25.5. The number of aryl methyl sites for hydroxylation is 1. The number of carbonyl (C=O) groups is 3. The van der Waals surface area contributed by atoms with E-state index in [1.54, 1.807) is 37.3 Å². The monoisotopic (exact) mass is 561 g/mol. The van der Waals surface area contributed by atoms with Crippen LogP contribution in [0.4, 0.5) is 5.13 Å². The molecule has 4 aromatic rings. The zero-order valence-corrected chi connectivity index (χ0v) is 22.0. The van der Waals surface area contributed by atoms with Gasteiger partial charge in [-0.2, -0.15) is 0 Å². The number of carboxylic acids is 1. The van der Waals surface area contributed by atoms with E-state index in [1.807, 2.05) is 4.90 Å². The molecule has 2 amide bonds. The Morgan fingerprint density at radius 1 is 1.07 bits per heavy atom.